The molecule has 0 fully saturated rings. The third-order valence-corrected chi connectivity index (χ3v) is 14.9. The van der Waals surface area contributed by atoms with Crippen molar-refractivity contribution in [3.8, 4) is 44.0 Å². The molecule has 4 nitrogen and oxygen atoms in total. The lowest BCUT2D eigenvalue weighted by Crippen LogP contribution is -2.10. The van der Waals surface area contributed by atoms with Crippen LogP contribution in [-0.2, 0) is 0 Å². The van der Waals surface area contributed by atoms with E-state index in [9.17, 15) is 0 Å². The van der Waals surface area contributed by atoms with Crippen molar-refractivity contribution in [2.75, 3.05) is 15.1 Å². The van der Waals surface area contributed by atoms with Gasteiger partial charge in [-0.3, -0.25) is 0 Å². The number of nitrogens with one attached hydrogen (secondary N) is 1. The number of para-hydroxylation sites is 4. The standard InChI is InChI=1S/C62H44N4S2/c1-3-11-51(12-4-1)65(53-35-27-45(28-36-53)43-19-23-49(24-20-43)61-63-57-15-7-9-17-59(57)67-61)55-39-31-47(32-40-55)48-33-41-56(42-34-48)66(52-13-5-2-6-14-52)54-37-29-46(30-38-54)44-21-25-50(26-22-44)62-64-58-16-8-10-18-60(58)68-62/h1-42,61,63H. The summed E-state index contributed by atoms with van der Waals surface area (Å²) >= 11 is 3.61. The number of hydrogen-bond acceptors (Lipinski definition) is 6. The molecule has 0 bridgehead atoms. The molecule has 68 heavy (non-hydrogen) atoms. The summed E-state index contributed by atoms with van der Waals surface area (Å²) in [6.07, 6.45) is 0. The highest BCUT2D eigenvalue weighted by molar-refractivity contribution is 8.00. The molecule has 1 aliphatic rings. The van der Waals surface area contributed by atoms with Crippen LogP contribution in [0, 0.1) is 0 Å². The van der Waals surface area contributed by atoms with Crippen molar-refractivity contribution in [2.24, 2.45) is 0 Å². The number of thioether (sulfide) groups is 1. The lowest BCUT2D eigenvalue weighted by Gasteiger charge is -2.26. The molecule has 2 heterocycles. The number of fused-ring (bicyclic) bond motifs is 2. The van der Waals surface area contributed by atoms with E-state index in [1.807, 2.05) is 17.8 Å². The first kappa shape index (κ1) is 41.3. The third kappa shape index (κ3) is 8.32. The normalized spacial score (nSPS) is 12.9. The Hall–Kier alpha value is -8.16. The minimum atomic E-state index is 0.224. The van der Waals surface area contributed by atoms with Gasteiger partial charge < -0.3 is 15.1 Å². The fourth-order valence-corrected chi connectivity index (χ4v) is 11.2. The van der Waals surface area contributed by atoms with Crippen molar-refractivity contribution >= 4 is 73.1 Å². The Morgan fingerprint density at radius 1 is 0.338 bits per heavy atom. The molecular weight excluding hydrogens is 865 g/mol. The van der Waals surface area contributed by atoms with Crippen molar-refractivity contribution in [1.82, 2.24) is 4.98 Å². The molecule has 0 amide bonds. The van der Waals surface area contributed by atoms with Crippen LogP contribution in [0.5, 0.6) is 0 Å². The molecule has 324 valence electrons. The van der Waals surface area contributed by atoms with Gasteiger partial charge in [-0.2, -0.15) is 0 Å². The molecule has 1 unspecified atom stereocenters. The molecular formula is C62H44N4S2. The second-order valence-electron chi connectivity index (χ2n) is 16.9. The number of benzene rings is 10. The van der Waals surface area contributed by atoms with E-state index >= 15 is 0 Å². The summed E-state index contributed by atoms with van der Waals surface area (Å²) in [5.74, 6) is 0. The highest BCUT2D eigenvalue weighted by Gasteiger charge is 2.22. The second-order valence-corrected chi connectivity index (χ2v) is 19.0. The highest BCUT2D eigenvalue weighted by Crippen LogP contribution is 2.47. The van der Waals surface area contributed by atoms with E-state index in [4.69, 9.17) is 4.98 Å². The largest absolute Gasteiger partial charge is 0.368 e. The van der Waals surface area contributed by atoms with Gasteiger partial charge in [-0.25, -0.2) is 4.98 Å². The van der Waals surface area contributed by atoms with Crippen LogP contribution in [0.25, 0.3) is 54.2 Å². The quantitative estimate of drug-likeness (QED) is 0.140. The van der Waals surface area contributed by atoms with Crippen LogP contribution in [0.4, 0.5) is 39.8 Å². The monoisotopic (exact) mass is 908 g/mol. The van der Waals surface area contributed by atoms with Gasteiger partial charge in [0.05, 0.1) is 10.2 Å². The smallest absolute Gasteiger partial charge is 0.124 e. The van der Waals surface area contributed by atoms with Crippen molar-refractivity contribution in [1.29, 1.82) is 0 Å². The van der Waals surface area contributed by atoms with Crippen LogP contribution in [0.3, 0.4) is 0 Å². The van der Waals surface area contributed by atoms with Crippen LogP contribution in [-0.4, -0.2) is 4.98 Å². The number of thiazole rings is 1. The van der Waals surface area contributed by atoms with E-state index in [2.05, 4.69) is 264 Å². The minimum absolute atomic E-state index is 0.224. The van der Waals surface area contributed by atoms with E-state index in [0.29, 0.717) is 0 Å². The van der Waals surface area contributed by atoms with Gasteiger partial charge in [0.25, 0.3) is 0 Å². The summed E-state index contributed by atoms with van der Waals surface area (Å²) in [6.45, 7) is 0. The number of rotatable bonds is 11. The Kier molecular flexibility index (Phi) is 11.1. The summed E-state index contributed by atoms with van der Waals surface area (Å²) in [5, 5.41) is 4.93. The second kappa shape index (κ2) is 18.3. The Bertz CT molecular complexity index is 3410. The molecule has 1 aliphatic heterocycles. The van der Waals surface area contributed by atoms with Crippen LogP contribution >= 0.6 is 23.1 Å². The number of aromatic nitrogens is 1. The van der Waals surface area contributed by atoms with Crippen molar-refractivity contribution < 1.29 is 0 Å². The Morgan fingerprint density at radius 2 is 0.706 bits per heavy atom. The maximum absolute atomic E-state index is 4.86. The third-order valence-electron chi connectivity index (χ3n) is 12.6. The first-order chi connectivity index (χ1) is 33.7. The number of anilines is 7. The highest BCUT2D eigenvalue weighted by atomic mass is 32.2. The van der Waals surface area contributed by atoms with E-state index in [0.717, 1.165) is 61.3 Å². The molecule has 0 saturated heterocycles. The van der Waals surface area contributed by atoms with E-state index in [1.54, 1.807) is 11.3 Å². The van der Waals surface area contributed by atoms with Gasteiger partial charge in [0.2, 0.25) is 0 Å². The lowest BCUT2D eigenvalue weighted by molar-refractivity contribution is 1.13. The van der Waals surface area contributed by atoms with Gasteiger partial charge in [0, 0.05) is 50.3 Å². The molecule has 0 saturated carbocycles. The topological polar surface area (TPSA) is 31.4 Å². The summed E-state index contributed by atoms with van der Waals surface area (Å²) in [4.78, 5) is 10.8. The molecule has 1 aromatic heterocycles. The van der Waals surface area contributed by atoms with Crippen LogP contribution in [0.1, 0.15) is 10.9 Å². The molecule has 11 aromatic rings. The van der Waals surface area contributed by atoms with Crippen molar-refractivity contribution in [3.05, 3.63) is 260 Å². The van der Waals surface area contributed by atoms with Gasteiger partial charge in [0.15, 0.2) is 0 Å². The Balaban J connectivity index is 0.767. The van der Waals surface area contributed by atoms with Crippen molar-refractivity contribution in [3.63, 3.8) is 0 Å². The maximum atomic E-state index is 4.86. The molecule has 6 heteroatoms. The zero-order valence-electron chi connectivity index (χ0n) is 37.0. The van der Waals surface area contributed by atoms with Crippen LogP contribution < -0.4 is 15.1 Å². The predicted molar refractivity (Wildman–Crippen MR) is 289 cm³/mol. The summed E-state index contributed by atoms with van der Waals surface area (Å²) in [6, 6.07) is 91.3. The van der Waals surface area contributed by atoms with Gasteiger partial charge >= 0.3 is 0 Å². The first-order valence-electron chi connectivity index (χ1n) is 22.9. The van der Waals surface area contributed by atoms with Crippen molar-refractivity contribution in [2.45, 2.75) is 10.3 Å². The van der Waals surface area contributed by atoms with Crippen LogP contribution in [0.15, 0.2) is 260 Å². The first-order valence-corrected chi connectivity index (χ1v) is 24.6. The number of hydrogen-bond donors (Lipinski definition) is 1. The zero-order valence-corrected chi connectivity index (χ0v) is 38.6. The molecule has 0 spiro atoms. The molecule has 0 aliphatic carbocycles. The summed E-state index contributed by atoms with van der Waals surface area (Å²) < 4.78 is 1.21. The number of nitrogens with zero attached hydrogens (tertiary/aromatic N) is 3. The molecule has 1 N–H and O–H groups in total. The maximum Gasteiger partial charge on any atom is 0.124 e. The SMILES string of the molecule is c1ccc(N(c2ccc(-c3ccc(-c4nc5ccccc5s4)cc3)cc2)c2ccc(-c3ccc(N(c4ccccc4)c4ccc(-c5ccc(C6Nc7ccccc7S6)cc5)cc4)cc3)cc2)cc1. The fourth-order valence-electron chi connectivity index (χ4n) is 9.05. The molecule has 10 aromatic carbocycles. The predicted octanol–water partition coefficient (Wildman–Crippen LogP) is 18.1. The molecule has 0 radical (unpaired) electrons. The van der Waals surface area contributed by atoms with E-state index in [-0.39, 0.29) is 5.37 Å². The average Bonchev–Trinajstić information content (AvgIpc) is 4.06. The molecule has 1 atom stereocenters. The van der Waals surface area contributed by atoms with Gasteiger partial charge in [-0.15, -0.1) is 11.3 Å². The summed E-state index contributed by atoms with van der Waals surface area (Å²) in [7, 11) is 0. The van der Waals surface area contributed by atoms with Gasteiger partial charge in [-0.05, 0) is 136 Å². The Morgan fingerprint density at radius 3 is 1.16 bits per heavy atom. The average molecular weight is 909 g/mol. The van der Waals surface area contributed by atoms with E-state index in [1.165, 1.54) is 43.1 Å². The van der Waals surface area contributed by atoms with Crippen LogP contribution in [0.2, 0.25) is 0 Å². The summed E-state index contributed by atoms with van der Waals surface area (Å²) in [5.41, 5.74) is 18.3. The zero-order chi connectivity index (χ0) is 45.2. The van der Waals surface area contributed by atoms with E-state index < -0.39 is 0 Å². The lowest BCUT2D eigenvalue weighted by atomic mass is 10.0. The minimum Gasteiger partial charge on any atom is -0.368 e. The Labute approximate surface area is 405 Å². The van der Waals surface area contributed by atoms with Gasteiger partial charge in [-0.1, -0.05) is 169 Å². The van der Waals surface area contributed by atoms with Gasteiger partial charge in [0.1, 0.15) is 10.4 Å². The fraction of sp³-hybridized carbons (Fsp3) is 0.0161. The molecule has 12 rings (SSSR count).